The Balaban J connectivity index is 2.95. The minimum Gasteiger partial charge on any atom is -0.390 e. The van der Waals surface area contributed by atoms with Crippen LogP contribution in [0.4, 0.5) is 0 Å². The Bertz CT molecular complexity index is 319. The summed E-state index contributed by atoms with van der Waals surface area (Å²) in [5.41, 5.74) is 4.66. The lowest BCUT2D eigenvalue weighted by Gasteiger charge is -2.08. The molecule has 0 aromatic heterocycles. The van der Waals surface area contributed by atoms with Gasteiger partial charge < -0.3 is 10.6 Å². The van der Waals surface area contributed by atoms with E-state index in [9.17, 15) is 0 Å². The van der Waals surface area contributed by atoms with E-state index in [-0.39, 0.29) is 0 Å². The van der Waals surface area contributed by atoms with Gasteiger partial charge in [0.25, 0.3) is 0 Å². The second kappa shape index (κ2) is 4.70. The van der Waals surface area contributed by atoms with Gasteiger partial charge >= 0.3 is 0 Å². The highest BCUT2D eigenvalue weighted by molar-refractivity contribution is 5.43. The molecule has 1 rings (SSSR count). The normalized spacial score (nSPS) is 16.1. The van der Waals surface area contributed by atoms with Gasteiger partial charge in [-0.15, -0.1) is 0 Å². The topological polar surface area (TPSA) is 24.1 Å². The summed E-state index contributed by atoms with van der Waals surface area (Å²) >= 11 is 0. The minimum atomic E-state index is 0.919. The minimum absolute atomic E-state index is 0.919. The van der Waals surface area contributed by atoms with E-state index >= 15 is 0 Å². The fourth-order valence-corrected chi connectivity index (χ4v) is 1.45. The molecule has 1 aliphatic carbocycles. The maximum absolute atomic E-state index is 3.94. The Morgan fingerprint density at radius 2 is 2.00 bits per heavy atom. The summed E-state index contributed by atoms with van der Waals surface area (Å²) in [6, 6.07) is 0. The van der Waals surface area contributed by atoms with Gasteiger partial charge in [0, 0.05) is 26.2 Å². The van der Waals surface area contributed by atoms with Crippen LogP contribution in [0.5, 0.6) is 0 Å². The lowest BCUT2D eigenvalue weighted by atomic mass is 10.1. The zero-order chi connectivity index (χ0) is 10.6. The number of rotatable bonds is 3. The predicted octanol–water partition coefficient (Wildman–Crippen LogP) is 2.10. The summed E-state index contributed by atoms with van der Waals surface area (Å²) in [4.78, 5) is 0. The van der Waals surface area contributed by atoms with Crippen LogP contribution in [0.2, 0.25) is 0 Å². The summed E-state index contributed by atoms with van der Waals surface area (Å²) in [5, 5.41) is 6.37. The van der Waals surface area contributed by atoms with Gasteiger partial charge in [-0.1, -0.05) is 24.3 Å². The van der Waals surface area contributed by atoms with Crippen LogP contribution in [-0.4, -0.2) is 14.1 Å². The van der Waals surface area contributed by atoms with Crippen LogP contribution in [0.1, 0.15) is 13.3 Å². The third-order valence-corrected chi connectivity index (χ3v) is 2.34. The first-order chi connectivity index (χ1) is 6.69. The monoisotopic (exact) mass is 190 g/mol. The van der Waals surface area contributed by atoms with Crippen molar-refractivity contribution in [2.24, 2.45) is 0 Å². The lowest BCUT2D eigenvalue weighted by Crippen LogP contribution is -2.15. The molecule has 76 valence electrons. The maximum atomic E-state index is 3.94. The largest absolute Gasteiger partial charge is 0.390 e. The molecule has 0 aliphatic heterocycles. The van der Waals surface area contributed by atoms with E-state index in [0.717, 1.165) is 17.7 Å². The Kier molecular flexibility index (Phi) is 3.57. The Morgan fingerprint density at radius 3 is 2.50 bits per heavy atom. The van der Waals surface area contributed by atoms with Crippen molar-refractivity contribution in [3.8, 4) is 0 Å². The molecule has 0 aromatic carbocycles. The average molecular weight is 190 g/mol. The molecule has 0 radical (unpaired) electrons. The van der Waals surface area contributed by atoms with E-state index in [2.05, 4.69) is 35.4 Å². The smallest absolute Gasteiger partial charge is 0.0533 e. The molecule has 0 aromatic rings. The van der Waals surface area contributed by atoms with Gasteiger partial charge in [0.05, 0.1) is 5.70 Å². The van der Waals surface area contributed by atoms with E-state index in [1.807, 2.05) is 21.0 Å². The zero-order valence-electron chi connectivity index (χ0n) is 9.15. The van der Waals surface area contributed by atoms with Crippen molar-refractivity contribution in [2.45, 2.75) is 13.3 Å². The number of hydrogen-bond donors (Lipinski definition) is 2. The number of hydrogen-bond acceptors (Lipinski definition) is 2. The van der Waals surface area contributed by atoms with E-state index in [0.29, 0.717) is 0 Å². The molecule has 0 spiro atoms. The summed E-state index contributed by atoms with van der Waals surface area (Å²) in [6.45, 7) is 5.97. The third-order valence-electron chi connectivity index (χ3n) is 2.34. The summed E-state index contributed by atoms with van der Waals surface area (Å²) < 4.78 is 0. The molecule has 1 aliphatic rings. The van der Waals surface area contributed by atoms with Crippen molar-refractivity contribution in [3.63, 3.8) is 0 Å². The molecule has 2 heteroatoms. The summed E-state index contributed by atoms with van der Waals surface area (Å²) in [5.74, 6) is 0. The number of likely N-dealkylation sites (N-methyl/N-ethyl adjacent to an activating group) is 1. The predicted molar refractivity (Wildman–Crippen MR) is 61.8 cm³/mol. The Hall–Kier alpha value is -1.44. The second-order valence-electron chi connectivity index (χ2n) is 3.37. The molecule has 0 unspecified atom stereocenters. The van der Waals surface area contributed by atoms with Gasteiger partial charge in [-0.3, -0.25) is 0 Å². The number of allylic oxidation sites excluding steroid dienone is 5. The molecule has 0 fully saturated rings. The first-order valence-corrected chi connectivity index (χ1v) is 4.81. The van der Waals surface area contributed by atoms with Gasteiger partial charge in [-0.2, -0.15) is 0 Å². The SMILES string of the molecule is C=C(C)C1=CCC(NC)=C(NC)C=C1. The van der Waals surface area contributed by atoms with Crippen LogP contribution < -0.4 is 10.6 Å². The van der Waals surface area contributed by atoms with Crippen molar-refractivity contribution in [1.29, 1.82) is 0 Å². The third kappa shape index (κ3) is 2.28. The standard InChI is InChI=1S/C12H18N2/c1-9(2)10-5-7-11(13-3)12(14-4)8-6-10/h5-7,13-14H,1,8H2,2-4H3. The average Bonchev–Trinajstić information content (AvgIpc) is 2.38. The van der Waals surface area contributed by atoms with Crippen LogP contribution in [0.3, 0.4) is 0 Å². The van der Waals surface area contributed by atoms with Crippen LogP contribution in [-0.2, 0) is 0 Å². The molecule has 2 nitrogen and oxygen atoms in total. The fourth-order valence-electron chi connectivity index (χ4n) is 1.45. The first kappa shape index (κ1) is 10.6. The molecule has 0 saturated carbocycles. The van der Waals surface area contributed by atoms with Crippen LogP contribution in [0, 0.1) is 0 Å². The van der Waals surface area contributed by atoms with Crippen LogP contribution in [0.15, 0.2) is 47.3 Å². The second-order valence-corrected chi connectivity index (χ2v) is 3.37. The summed E-state index contributed by atoms with van der Waals surface area (Å²) in [7, 11) is 3.88. The van der Waals surface area contributed by atoms with Gasteiger partial charge in [0.15, 0.2) is 0 Å². The molecule has 2 N–H and O–H groups in total. The van der Waals surface area contributed by atoms with E-state index in [1.165, 1.54) is 11.3 Å². The molecule has 0 atom stereocenters. The maximum Gasteiger partial charge on any atom is 0.0533 e. The molecule has 0 heterocycles. The van der Waals surface area contributed by atoms with Gasteiger partial charge in [-0.05, 0) is 18.6 Å². The first-order valence-electron chi connectivity index (χ1n) is 4.81. The van der Waals surface area contributed by atoms with Crippen molar-refractivity contribution in [3.05, 3.63) is 47.3 Å². The van der Waals surface area contributed by atoms with Crippen molar-refractivity contribution >= 4 is 0 Å². The molecule has 0 bridgehead atoms. The van der Waals surface area contributed by atoms with Crippen molar-refractivity contribution in [2.75, 3.05) is 14.1 Å². The van der Waals surface area contributed by atoms with E-state index < -0.39 is 0 Å². The van der Waals surface area contributed by atoms with E-state index in [1.54, 1.807) is 0 Å². The highest BCUT2D eigenvalue weighted by Gasteiger charge is 2.04. The molecular formula is C12H18N2. The Labute approximate surface area is 86.1 Å². The molecule has 0 amide bonds. The summed E-state index contributed by atoms with van der Waals surface area (Å²) in [6.07, 6.45) is 7.29. The quantitative estimate of drug-likeness (QED) is 0.712. The highest BCUT2D eigenvalue weighted by atomic mass is 14.9. The lowest BCUT2D eigenvalue weighted by molar-refractivity contribution is 0.872. The molecule has 0 saturated heterocycles. The van der Waals surface area contributed by atoms with E-state index in [4.69, 9.17) is 0 Å². The molecule has 14 heavy (non-hydrogen) atoms. The van der Waals surface area contributed by atoms with Crippen LogP contribution >= 0.6 is 0 Å². The zero-order valence-corrected chi connectivity index (χ0v) is 9.15. The Morgan fingerprint density at radius 1 is 1.29 bits per heavy atom. The fraction of sp³-hybridized carbons (Fsp3) is 0.333. The highest BCUT2D eigenvalue weighted by Crippen LogP contribution is 2.17. The van der Waals surface area contributed by atoms with Gasteiger partial charge in [0.2, 0.25) is 0 Å². The van der Waals surface area contributed by atoms with Crippen LogP contribution in [0.25, 0.3) is 0 Å². The number of nitrogens with one attached hydrogen (secondary N) is 2. The van der Waals surface area contributed by atoms with Gasteiger partial charge in [0.1, 0.15) is 0 Å². The van der Waals surface area contributed by atoms with Crippen molar-refractivity contribution in [1.82, 2.24) is 10.6 Å². The van der Waals surface area contributed by atoms with Crippen molar-refractivity contribution < 1.29 is 0 Å². The van der Waals surface area contributed by atoms with Gasteiger partial charge in [-0.25, -0.2) is 0 Å². The molecular weight excluding hydrogens is 172 g/mol.